The van der Waals surface area contributed by atoms with E-state index in [1.807, 2.05) is 6.92 Å². The molecule has 0 atom stereocenters. The molecule has 0 bridgehead atoms. The van der Waals surface area contributed by atoms with E-state index in [1.165, 1.54) is 0 Å². The van der Waals surface area contributed by atoms with Gasteiger partial charge >= 0.3 is 0 Å². The zero-order valence-corrected chi connectivity index (χ0v) is 11.9. The third-order valence-electron chi connectivity index (χ3n) is 2.85. The fourth-order valence-electron chi connectivity index (χ4n) is 1.78. The van der Waals surface area contributed by atoms with Gasteiger partial charge in [0.2, 0.25) is 5.82 Å². The second kappa shape index (κ2) is 6.65. The van der Waals surface area contributed by atoms with Gasteiger partial charge in [0.1, 0.15) is 5.82 Å². The van der Waals surface area contributed by atoms with Crippen molar-refractivity contribution in [1.82, 2.24) is 20.5 Å². The minimum absolute atomic E-state index is 0.105. The maximum atomic E-state index is 12.0. The van der Waals surface area contributed by atoms with Gasteiger partial charge in [-0.1, -0.05) is 6.92 Å². The van der Waals surface area contributed by atoms with Crippen LogP contribution in [0.4, 0.5) is 5.69 Å². The number of hydrogen-bond donors (Lipinski definition) is 3. The van der Waals surface area contributed by atoms with Crippen LogP contribution < -0.4 is 10.6 Å². The molecule has 21 heavy (non-hydrogen) atoms. The number of anilines is 1. The van der Waals surface area contributed by atoms with Gasteiger partial charge in [0, 0.05) is 24.7 Å². The average Bonchev–Trinajstić information content (AvgIpc) is 2.96. The minimum atomic E-state index is -0.388. The van der Waals surface area contributed by atoms with Gasteiger partial charge in [-0.15, -0.1) is 5.10 Å². The second-order valence-electron chi connectivity index (χ2n) is 4.47. The summed E-state index contributed by atoms with van der Waals surface area (Å²) in [5, 5.41) is 11.8. The lowest BCUT2D eigenvalue weighted by Gasteiger charge is -2.04. The van der Waals surface area contributed by atoms with Crippen LogP contribution in [0.1, 0.15) is 40.1 Å². The molecule has 0 radical (unpaired) electrons. The van der Waals surface area contributed by atoms with Gasteiger partial charge in [-0.25, -0.2) is 4.98 Å². The summed E-state index contributed by atoms with van der Waals surface area (Å²) in [6.07, 6.45) is 1.68. The van der Waals surface area contributed by atoms with E-state index in [4.69, 9.17) is 0 Å². The summed E-state index contributed by atoms with van der Waals surface area (Å²) in [5.74, 6) is 0.235. The highest BCUT2D eigenvalue weighted by Crippen LogP contribution is 2.10. The molecule has 0 aliphatic rings. The monoisotopic (exact) mass is 287 g/mol. The van der Waals surface area contributed by atoms with Crippen LogP contribution in [0, 0.1) is 0 Å². The number of nitrogens with one attached hydrogen (secondary N) is 3. The fraction of sp³-hybridized carbons (Fsp3) is 0.286. The topological polar surface area (TPSA) is 99.8 Å². The van der Waals surface area contributed by atoms with Gasteiger partial charge in [0.15, 0.2) is 0 Å². The van der Waals surface area contributed by atoms with Crippen LogP contribution in [-0.4, -0.2) is 34.0 Å². The Morgan fingerprint density at radius 1 is 1.19 bits per heavy atom. The SMILES string of the molecule is CCCc1nc(C(=O)Nc2ccc(C(=O)NC)cc2)n[nH]1. The fourth-order valence-corrected chi connectivity index (χ4v) is 1.78. The summed E-state index contributed by atoms with van der Waals surface area (Å²) in [7, 11) is 1.56. The number of benzene rings is 1. The van der Waals surface area contributed by atoms with Crippen LogP contribution in [0.3, 0.4) is 0 Å². The van der Waals surface area contributed by atoms with E-state index in [2.05, 4.69) is 25.8 Å². The number of amides is 2. The number of carbonyl (C=O) groups excluding carboxylic acids is 2. The molecule has 1 aromatic heterocycles. The standard InChI is InChI=1S/C14H17N5O2/c1-3-4-11-17-12(19-18-11)14(21)16-10-7-5-9(6-8-10)13(20)15-2/h5-8H,3-4H2,1-2H3,(H,15,20)(H,16,21)(H,17,18,19). The first-order chi connectivity index (χ1) is 10.1. The normalized spacial score (nSPS) is 10.2. The third-order valence-corrected chi connectivity index (χ3v) is 2.85. The molecule has 2 aromatic rings. The summed E-state index contributed by atoms with van der Waals surface area (Å²) in [4.78, 5) is 27.5. The van der Waals surface area contributed by atoms with Crippen LogP contribution in [0.15, 0.2) is 24.3 Å². The molecule has 0 saturated heterocycles. The number of carbonyl (C=O) groups is 2. The third kappa shape index (κ3) is 3.65. The van der Waals surface area contributed by atoms with Crippen LogP contribution in [-0.2, 0) is 6.42 Å². The molecule has 3 N–H and O–H groups in total. The van der Waals surface area contributed by atoms with Gasteiger partial charge in [-0.05, 0) is 30.7 Å². The lowest BCUT2D eigenvalue weighted by Crippen LogP contribution is -2.18. The first kappa shape index (κ1) is 14.7. The molecule has 1 heterocycles. The van der Waals surface area contributed by atoms with Crippen molar-refractivity contribution in [1.29, 1.82) is 0 Å². The molecule has 110 valence electrons. The van der Waals surface area contributed by atoms with Crippen LogP contribution in [0.5, 0.6) is 0 Å². The maximum absolute atomic E-state index is 12.0. The molecule has 0 spiro atoms. The van der Waals surface area contributed by atoms with E-state index < -0.39 is 0 Å². The Balaban J connectivity index is 2.03. The summed E-state index contributed by atoms with van der Waals surface area (Å²) in [6.45, 7) is 2.02. The van der Waals surface area contributed by atoms with Crippen molar-refractivity contribution in [3.8, 4) is 0 Å². The van der Waals surface area contributed by atoms with Gasteiger partial charge < -0.3 is 10.6 Å². The molecule has 0 unspecified atom stereocenters. The van der Waals surface area contributed by atoms with Crippen molar-refractivity contribution >= 4 is 17.5 Å². The number of nitrogens with zero attached hydrogens (tertiary/aromatic N) is 2. The highest BCUT2D eigenvalue weighted by Gasteiger charge is 2.12. The van der Waals surface area contributed by atoms with E-state index in [0.29, 0.717) is 17.1 Å². The number of rotatable bonds is 5. The number of aromatic amines is 1. The van der Waals surface area contributed by atoms with E-state index >= 15 is 0 Å². The Morgan fingerprint density at radius 2 is 1.90 bits per heavy atom. The van der Waals surface area contributed by atoms with Gasteiger partial charge in [-0.3, -0.25) is 14.7 Å². The van der Waals surface area contributed by atoms with Gasteiger partial charge in [-0.2, -0.15) is 0 Å². The predicted molar refractivity (Wildman–Crippen MR) is 78.2 cm³/mol. The molecule has 0 aliphatic carbocycles. The molecule has 2 amide bonds. The lowest BCUT2D eigenvalue weighted by molar-refractivity contribution is 0.0962. The summed E-state index contributed by atoms with van der Waals surface area (Å²) in [5.41, 5.74) is 1.10. The van der Waals surface area contributed by atoms with E-state index in [-0.39, 0.29) is 17.6 Å². The zero-order valence-electron chi connectivity index (χ0n) is 11.9. The number of hydrogen-bond acceptors (Lipinski definition) is 4. The van der Waals surface area contributed by atoms with Crippen LogP contribution in [0.2, 0.25) is 0 Å². The maximum Gasteiger partial charge on any atom is 0.295 e. The van der Waals surface area contributed by atoms with Crippen LogP contribution in [0.25, 0.3) is 0 Å². The largest absolute Gasteiger partial charge is 0.355 e. The van der Waals surface area contributed by atoms with Crippen molar-refractivity contribution in [2.24, 2.45) is 0 Å². The molecule has 0 saturated carbocycles. The Morgan fingerprint density at radius 3 is 2.52 bits per heavy atom. The molecule has 0 fully saturated rings. The average molecular weight is 287 g/mol. The van der Waals surface area contributed by atoms with Crippen molar-refractivity contribution in [3.63, 3.8) is 0 Å². The molecule has 1 aromatic carbocycles. The van der Waals surface area contributed by atoms with E-state index in [9.17, 15) is 9.59 Å². The first-order valence-corrected chi connectivity index (χ1v) is 6.68. The summed E-state index contributed by atoms with van der Waals surface area (Å²) < 4.78 is 0. The molecule has 7 nitrogen and oxygen atoms in total. The summed E-state index contributed by atoms with van der Waals surface area (Å²) in [6, 6.07) is 6.58. The minimum Gasteiger partial charge on any atom is -0.355 e. The molecular weight excluding hydrogens is 270 g/mol. The van der Waals surface area contributed by atoms with Gasteiger partial charge in [0.25, 0.3) is 11.8 Å². The zero-order chi connectivity index (χ0) is 15.2. The number of aromatic nitrogens is 3. The molecule has 2 rings (SSSR count). The Kier molecular flexibility index (Phi) is 4.65. The van der Waals surface area contributed by atoms with Crippen molar-refractivity contribution < 1.29 is 9.59 Å². The van der Waals surface area contributed by atoms with Crippen LogP contribution >= 0.6 is 0 Å². The Hall–Kier alpha value is -2.70. The first-order valence-electron chi connectivity index (χ1n) is 6.68. The number of H-pyrrole nitrogens is 1. The highest BCUT2D eigenvalue weighted by molar-refractivity contribution is 6.02. The Bertz CT molecular complexity index is 633. The lowest BCUT2D eigenvalue weighted by atomic mass is 10.2. The molecule has 0 aliphatic heterocycles. The van der Waals surface area contributed by atoms with Gasteiger partial charge in [0.05, 0.1) is 0 Å². The quantitative estimate of drug-likeness (QED) is 0.773. The number of aryl methyl sites for hydroxylation is 1. The van der Waals surface area contributed by atoms with E-state index in [1.54, 1.807) is 31.3 Å². The van der Waals surface area contributed by atoms with Crippen molar-refractivity contribution in [2.75, 3.05) is 12.4 Å². The highest BCUT2D eigenvalue weighted by atomic mass is 16.2. The molecule has 7 heteroatoms. The molecular formula is C14H17N5O2. The summed E-state index contributed by atoms with van der Waals surface area (Å²) >= 11 is 0. The second-order valence-corrected chi connectivity index (χ2v) is 4.47. The van der Waals surface area contributed by atoms with E-state index in [0.717, 1.165) is 12.8 Å². The van der Waals surface area contributed by atoms with Crippen molar-refractivity contribution in [3.05, 3.63) is 41.5 Å². The smallest absolute Gasteiger partial charge is 0.295 e. The van der Waals surface area contributed by atoms with Crippen molar-refractivity contribution in [2.45, 2.75) is 19.8 Å². The Labute approximate surface area is 122 Å². The predicted octanol–water partition coefficient (Wildman–Crippen LogP) is 1.37.